The van der Waals surface area contributed by atoms with Gasteiger partial charge in [-0.25, -0.2) is 0 Å². The average molecular weight is 354 g/mol. The molecule has 5 nitrogen and oxygen atoms in total. The van der Waals surface area contributed by atoms with Gasteiger partial charge in [-0.15, -0.1) is 12.4 Å². The van der Waals surface area contributed by atoms with Gasteiger partial charge >= 0.3 is 0 Å². The summed E-state index contributed by atoms with van der Waals surface area (Å²) in [5.74, 6) is 0. The van der Waals surface area contributed by atoms with Gasteiger partial charge in [0.05, 0.1) is 21.5 Å². The van der Waals surface area contributed by atoms with Crippen molar-refractivity contribution >= 4 is 34.0 Å². The molecule has 0 amide bonds. The van der Waals surface area contributed by atoms with Gasteiger partial charge in [-0.3, -0.25) is 10.1 Å². The van der Waals surface area contributed by atoms with Crippen LogP contribution in [0.15, 0.2) is 22.7 Å². The van der Waals surface area contributed by atoms with Crippen LogP contribution in [0.4, 0.5) is 5.69 Å². The van der Waals surface area contributed by atoms with Crippen molar-refractivity contribution in [2.24, 2.45) is 11.1 Å². The fraction of sp³-hybridized carbons (Fsp3) is 0.500. The second-order valence-electron chi connectivity index (χ2n) is 5.30. The van der Waals surface area contributed by atoms with Crippen LogP contribution in [0.1, 0.15) is 32.4 Å². The SMILES string of the molecule is CC(C)(C)[C@H](O)[C@H](N)c1ccc(Br)c([N+](=O)[O-])c1.Cl. The van der Waals surface area contributed by atoms with E-state index < -0.39 is 17.1 Å². The molecule has 7 heteroatoms. The van der Waals surface area contributed by atoms with E-state index in [0.717, 1.165) is 0 Å². The molecule has 1 aromatic rings. The third kappa shape index (κ3) is 4.42. The highest BCUT2D eigenvalue weighted by Crippen LogP contribution is 2.32. The van der Waals surface area contributed by atoms with Gasteiger partial charge in [0.15, 0.2) is 0 Å². The van der Waals surface area contributed by atoms with Crippen LogP contribution in [0.5, 0.6) is 0 Å². The van der Waals surface area contributed by atoms with Crippen molar-refractivity contribution in [1.82, 2.24) is 0 Å². The Hall–Kier alpha value is -0.690. The summed E-state index contributed by atoms with van der Waals surface area (Å²) in [6.07, 6.45) is -0.779. The topological polar surface area (TPSA) is 89.4 Å². The highest BCUT2D eigenvalue weighted by Gasteiger charge is 2.30. The Morgan fingerprint density at radius 1 is 1.42 bits per heavy atom. The molecular formula is C12H18BrClN2O3. The smallest absolute Gasteiger partial charge is 0.283 e. The number of hydrogen-bond acceptors (Lipinski definition) is 4. The monoisotopic (exact) mass is 352 g/mol. The molecule has 0 heterocycles. The summed E-state index contributed by atoms with van der Waals surface area (Å²) in [5.41, 5.74) is 6.06. The van der Waals surface area contributed by atoms with E-state index in [9.17, 15) is 15.2 Å². The summed E-state index contributed by atoms with van der Waals surface area (Å²) in [6.45, 7) is 5.60. The Morgan fingerprint density at radius 2 is 1.95 bits per heavy atom. The van der Waals surface area contributed by atoms with Crippen molar-refractivity contribution < 1.29 is 10.0 Å². The van der Waals surface area contributed by atoms with Gasteiger partial charge in [0.2, 0.25) is 0 Å². The van der Waals surface area contributed by atoms with Gasteiger partial charge in [0.1, 0.15) is 0 Å². The standard InChI is InChI=1S/C12H17BrN2O3.ClH/c1-12(2,3)11(16)10(14)7-4-5-8(13)9(6-7)15(17)18;/h4-6,10-11,16H,14H2,1-3H3;1H/t10-,11-;/m1./s1. The molecule has 0 aliphatic carbocycles. The minimum Gasteiger partial charge on any atom is -0.391 e. The Balaban J connectivity index is 0.00000324. The van der Waals surface area contributed by atoms with Gasteiger partial charge in [0.25, 0.3) is 5.69 Å². The second-order valence-corrected chi connectivity index (χ2v) is 6.16. The van der Waals surface area contributed by atoms with E-state index in [-0.39, 0.29) is 23.5 Å². The lowest BCUT2D eigenvalue weighted by molar-refractivity contribution is -0.385. The zero-order valence-electron chi connectivity index (χ0n) is 11.0. The van der Waals surface area contributed by atoms with Crippen LogP contribution in [0.3, 0.4) is 0 Å². The number of hydrogen-bond donors (Lipinski definition) is 2. The molecule has 1 rings (SSSR count). The molecule has 1 aromatic carbocycles. The maximum Gasteiger partial charge on any atom is 0.283 e. The predicted octanol–water partition coefficient (Wildman–Crippen LogP) is 3.19. The first-order valence-electron chi connectivity index (χ1n) is 5.52. The summed E-state index contributed by atoms with van der Waals surface area (Å²) >= 11 is 3.11. The summed E-state index contributed by atoms with van der Waals surface area (Å²) in [5, 5.41) is 20.9. The number of nitro groups is 1. The van der Waals surface area contributed by atoms with Crippen LogP contribution in [-0.4, -0.2) is 16.1 Å². The van der Waals surface area contributed by atoms with Crippen LogP contribution in [0.25, 0.3) is 0 Å². The van der Waals surface area contributed by atoms with Crippen molar-refractivity contribution in [3.8, 4) is 0 Å². The molecule has 2 atom stereocenters. The second kappa shape index (κ2) is 6.65. The van der Waals surface area contributed by atoms with Crippen molar-refractivity contribution in [2.45, 2.75) is 32.9 Å². The summed E-state index contributed by atoms with van der Waals surface area (Å²) < 4.78 is 0.397. The van der Waals surface area contributed by atoms with Gasteiger partial charge in [-0.1, -0.05) is 26.8 Å². The van der Waals surface area contributed by atoms with Crippen molar-refractivity contribution in [1.29, 1.82) is 0 Å². The Bertz CT molecular complexity index is 463. The maximum absolute atomic E-state index is 10.8. The molecule has 0 aromatic heterocycles. The maximum atomic E-state index is 10.8. The number of aliphatic hydroxyl groups is 1. The van der Waals surface area contributed by atoms with Crippen LogP contribution >= 0.6 is 28.3 Å². The molecule has 108 valence electrons. The number of nitrogens with zero attached hydrogens (tertiary/aromatic N) is 1. The van der Waals surface area contributed by atoms with Crippen LogP contribution in [0, 0.1) is 15.5 Å². The summed E-state index contributed by atoms with van der Waals surface area (Å²) in [4.78, 5) is 10.4. The first kappa shape index (κ1) is 18.3. The predicted molar refractivity (Wildman–Crippen MR) is 80.4 cm³/mol. The van der Waals surface area contributed by atoms with Crippen LogP contribution in [0.2, 0.25) is 0 Å². The fourth-order valence-corrected chi connectivity index (χ4v) is 1.99. The molecule has 0 fully saturated rings. The van der Waals surface area contributed by atoms with E-state index >= 15 is 0 Å². The normalized spacial score (nSPS) is 14.4. The number of nitro benzene ring substituents is 1. The van der Waals surface area contributed by atoms with Crippen LogP contribution in [-0.2, 0) is 0 Å². The van der Waals surface area contributed by atoms with Gasteiger partial charge in [-0.2, -0.15) is 0 Å². The number of nitrogens with two attached hydrogens (primary N) is 1. The van der Waals surface area contributed by atoms with Gasteiger partial charge < -0.3 is 10.8 Å². The lowest BCUT2D eigenvalue weighted by Gasteiger charge is -2.30. The average Bonchev–Trinajstić information content (AvgIpc) is 2.26. The van der Waals surface area contributed by atoms with E-state index in [4.69, 9.17) is 5.73 Å². The van der Waals surface area contributed by atoms with Crippen molar-refractivity contribution in [3.63, 3.8) is 0 Å². The zero-order chi connectivity index (χ0) is 14.1. The van der Waals surface area contributed by atoms with E-state index in [2.05, 4.69) is 15.9 Å². The summed E-state index contributed by atoms with van der Waals surface area (Å²) in [7, 11) is 0. The molecule has 19 heavy (non-hydrogen) atoms. The minimum absolute atomic E-state index is 0. The highest BCUT2D eigenvalue weighted by molar-refractivity contribution is 9.10. The largest absolute Gasteiger partial charge is 0.391 e. The summed E-state index contributed by atoms with van der Waals surface area (Å²) in [6, 6.07) is 3.99. The third-order valence-corrected chi connectivity index (χ3v) is 3.45. The molecule has 0 bridgehead atoms. The van der Waals surface area contributed by atoms with Gasteiger partial charge in [0, 0.05) is 6.07 Å². The molecule has 0 saturated heterocycles. The minimum atomic E-state index is -0.779. The number of aliphatic hydroxyl groups excluding tert-OH is 1. The quantitative estimate of drug-likeness (QED) is 0.645. The lowest BCUT2D eigenvalue weighted by Crippen LogP contribution is -2.36. The number of rotatable bonds is 3. The lowest BCUT2D eigenvalue weighted by atomic mass is 9.82. The zero-order valence-corrected chi connectivity index (χ0v) is 13.4. The molecule has 0 aliphatic rings. The highest BCUT2D eigenvalue weighted by atomic mass is 79.9. The van der Waals surface area contributed by atoms with Gasteiger partial charge in [-0.05, 0) is 33.0 Å². The molecular weight excluding hydrogens is 336 g/mol. The Morgan fingerprint density at radius 3 is 2.37 bits per heavy atom. The van der Waals surface area contributed by atoms with E-state index in [1.54, 1.807) is 12.1 Å². The van der Waals surface area contributed by atoms with E-state index in [1.165, 1.54) is 6.07 Å². The Kier molecular flexibility index (Phi) is 6.41. The van der Waals surface area contributed by atoms with Crippen molar-refractivity contribution in [2.75, 3.05) is 0 Å². The number of benzene rings is 1. The first-order chi connectivity index (χ1) is 8.14. The van der Waals surface area contributed by atoms with E-state index in [0.29, 0.717) is 10.0 Å². The van der Waals surface area contributed by atoms with E-state index in [1.807, 2.05) is 20.8 Å². The third-order valence-electron chi connectivity index (χ3n) is 2.78. The first-order valence-corrected chi connectivity index (χ1v) is 6.31. The van der Waals surface area contributed by atoms with Crippen molar-refractivity contribution in [3.05, 3.63) is 38.3 Å². The fourth-order valence-electron chi connectivity index (χ4n) is 1.60. The Labute approximate surface area is 126 Å². The molecule has 0 unspecified atom stereocenters. The molecule has 3 N–H and O–H groups in total. The molecule has 0 aliphatic heterocycles. The molecule has 0 saturated carbocycles. The molecule has 0 spiro atoms. The molecule has 0 radical (unpaired) electrons. The van der Waals surface area contributed by atoms with Crippen LogP contribution < -0.4 is 5.73 Å². The number of halogens is 2.